The third-order valence-corrected chi connectivity index (χ3v) is 8.62. The highest BCUT2D eigenvalue weighted by Crippen LogP contribution is 2.42. The van der Waals surface area contributed by atoms with Gasteiger partial charge in [-0.15, -0.1) is 11.8 Å². The molecule has 0 saturated heterocycles. The minimum atomic E-state index is -4.60. The zero-order valence-corrected chi connectivity index (χ0v) is 23.6. The summed E-state index contributed by atoms with van der Waals surface area (Å²) in [5.41, 5.74) is -0.920. The van der Waals surface area contributed by atoms with E-state index in [0.717, 1.165) is 43.4 Å². The third kappa shape index (κ3) is 8.06. The number of aliphatic hydroxyl groups excluding tert-OH is 1. The lowest BCUT2D eigenvalue weighted by Crippen LogP contribution is -2.19. The molecule has 2 aromatic carbocycles. The van der Waals surface area contributed by atoms with Crippen molar-refractivity contribution < 1.29 is 23.4 Å². The number of benzene rings is 2. The molecule has 0 spiro atoms. The number of aromatic nitrogens is 1. The van der Waals surface area contributed by atoms with Gasteiger partial charge in [0.2, 0.25) is 0 Å². The van der Waals surface area contributed by atoms with Crippen LogP contribution < -0.4 is 10.9 Å². The monoisotopic (exact) mass is 594 g/mol. The van der Waals surface area contributed by atoms with E-state index in [2.05, 4.69) is 22.5 Å². The van der Waals surface area contributed by atoms with Crippen molar-refractivity contribution in [3.63, 3.8) is 0 Å². The largest absolute Gasteiger partial charge is 0.507 e. The van der Waals surface area contributed by atoms with E-state index in [1.807, 2.05) is 0 Å². The van der Waals surface area contributed by atoms with Gasteiger partial charge in [-0.3, -0.25) is 4.79 Å². The third-order valence-electron chi connectivity index (χ3n) is 7.16. The summed E-state index contributed by atoms with van der Waals surface area (Å²) in [5, 5.41) is 24.9. The minimum absolute atomic E-state index is 0.106. The molecule has 0 amide bonds. The van der Waals surface area contributed by atoms with E-state index < -0.39 is 23.4 Å². The van der Waals surface area contributed by atoms with Crippen LogP contribution in [-0.4, -0.2) is 40.1 Å². The number of phenols is 1. The Balaban J connectivity index is 1.46. The highest BCUT2D eigenvalue weighted by atomic mass is 35.5. The fourth-order valence-corrected chi connectivity index (χ4v) is 6.31. The molecule has 1 atom stereocenters. The second-order valence-corrected chi connectivity index (χ2v) is 11.7. The van der Waals surface area contributed by atoms with E-state index in [0.29, 0.717) is 12.3 Å². The van der Waals surface area contributed by atoms with E-state index in [9.17, 15) is 28.2 Å². The first-order valence-corrected chi connectivity index (χ1v) is 14.9. The Hall–Kier alpha value is -2.46. The van der Waals surface area contributed by atoms with Crippen molar-refractivity contribution >= 4 is 34.3 Å². The highest BCUT2D eigenvalue weighted by Gasteiger charge is 2.31. The normalized spacial score (nSPS) is 15.7. The van der Waals surface area contributed by atoms with Crippen molar-refractivity contribution in [2.24, 2.45) is 5.92 Å². The Labute approximate surface area is 240 Å². The van der Waals surface area contributed by atoms with Gasteiger partial charge in [0.1, 0.15) is 5.75 Å². The van der Waals surface area contributed by atoms with E-state index in [1.165, 1.54) is 56.4 Å². The predicted octanol–water partition coefficient (Wildman–Crippen LogP) is 7.53. The molecule has 4 rings (SSSR count). The van der Waals surface area contributed by atoms with Gasteiger partial charge in [0.15, 0.2) is 0 Å². The average molecular weight is 595 g/mol. The summed E-state index contributed by atoms with van der Waals surface area (Å²) in [5.74, 6) is 0.620. The Kier molecular flexibility index (Phi) is 10.6. The van der Waals surface area contributed by atoms with E-state index >= 15 is 0 Å². The molecule has 0 radical (unpaired) electrons. The van der Waals surface area contributed by atoms with Crippen molar-refractivity contribution in [3.8, 4) is 16.9 Å². The number of phenolic OH excluding ortho intramolecular Hbond substituents is 1. The number of H-pyrrole nitrogens is 1. The van der Waals surface area contributed by atoms with Crippen LogP contribution in [0.5, 0.6) is 5.75 Å². The molecule has 1 saturated carbocycles. The van der Waals surface area contributed by atoms with Gasteiger partial charge in [-0.25, -0.2) is 0 Å². The van der Waals surface area contributed by atoms with Gasteiger partial charge in [0, 0.05) is 39.4 Å². The smallest absolute Gasteiger partial charge is 0.416 e. The van der Waals surface area contributed by atoms with Gasteiger partial charge in [0.05, 0.1) is 16.6 Å². The van der Waals surface area contributed by atoms with Gasteiger partial charge in [-0.05, 0) is 74.5 Å². The summed E-state index contributed by atoms with van der Waals surface area (Å²) < 4.78 is 40.6. The molecule has 0 aliphatic heterocycles. The fourth-order valence-electron chi connectivity index (χ4n) is 5.06. The van der Waals surface area contributed by atoms with Crippen LogP contribution in [0.1, 0.15) is 50.5 Å². The summed E-state index contributed by atoms with van der Waals surface area (Å²) in [4.78, 5) is 15.8. The average Bonchev–Trinajstić information content (AvgIpc) is 2.92. The topological polar surface area (TPSA) is 85.4 Å². The molecular weight excluding hydrogens is 561 g/mol. The summed E-state index contributed by atoms with van der Waals surface area (Å²) in [7, 11) is 0. The summed E-state index contributed by atoms with van der Waals surface area (Å²) in [6.45, 7) is 1.51. The lowest BCUT2D eigenvalue weighted by Gasteiger charge is -2.17. The van der Waals surface area contributed by atoms with Crippen LogP contribution in [0.25, 0.3) is 22.0 Å². The number of hydrogen-bond acceptors (Lipinski definition) is 5. The number of aromatic hydroxyl groups is 1. The number of alkyl halides is 3. The van der Waals surface area contributed by atoms with Gasteiger partial charge >= 0.3 is 6.18 Å². The van der Waals surface area contributed by atoms with Gasteiger partial charge < -0.3 is 20.5 Å². The number of pyridine rings is 1. The number of hydrogen-bond donors (Lipinski definition) is 4. The number of nitrogens with one attached hydrogen (secondary N) is 2. The standard InChI is InChI=1S/C30H34ClF3N2O3S/c31-21-11-13-26(38)24(17-21)27-23-16-20(30(32,33)34)10-12-25(23)36-29(39)28(27)40-18-22(37)9-5-15-35-14-4-8-19-6-2-1-3-7-19/h4,8,10-13,16-17,19,22,35,37-38H,1-3,5-7,9,14-15,18H2,(H,36,39). The van der Waals surface area contributed by atoms with E-state index in [1.54, 1.807) is 0 Å². The van der Waals surface area contributed by atoms with Crippen LogP contribution in [0.4, 0.5) is 13.2 Å². The van der Waals surface area contributed by atoms with E-state index in [-0.39, 0.29) is 43.5 Å². The molecule has 1 aromatic heterocycles. The molecule has 0 bridgehead atoms. The summed E-state index contributed by atoms with van der Waals surface area (Å²) in [6.07, 6.45) is 6.84. The zero-order valence-electron chi connectivity index (χ0n) is 22.1. The van der Waals surface area contributed by atoms with Crippen molar-refractivity contribution in [2.45, 2.75) is 62.1 Å². The second kappa shape index (κ2) is 13.9. The van der Waals surface area contributed by atoms with Crippen LogP contribution in [0.15, 0.2) is 58.2 Å². The molecule has 4 N–H and O–H groups in total. The number of allylic oxidation sites excluding steroid dienone is 1. The van der Waals surface area contributed by atoms with Crippen LogP contribution >= 0.6 is 23.4 Å². The fraction of sp³-hybridized carbons (Fsp3) is 0.433. The van der Waals surface area contributed by atoms with Gasteiger partial charge in [-0.2, -0.15) is 13.2 Å². The molecule has 1 fully saturated rings. The van der Waals surface area contributed by atoms with Crippen molar-refractivity contribution in [1.82, 2.24) is 10.3 Å². The molecular formula is C30H34ClF3N2O3S. The molecule has 40 heavy (non-hydrogen) atoms. The molecule has 10 heteroatoms. The summed E-state index contributed by atoms with van der Waals surface area (Å²) in [6, 6.07) is 7.25. The maximum Gasteiger partial charge on any atom is 0.416 e. The highest BCUT2D eigenvalue weighted by molar-refractivity contribution is 7.99. The number of rotatable bonds is 11. The number of aromatic amines is 1. The molecule has 1 heterocycles. The molecule has 3 aromatic rings. The second-order valence-electron chi connectivity index (χ2n) is 10.2. The maximum absolute atomic E-state index is 13.5. The molecule has 216 valence electrons. The Morgan fingerprint density at radius 3 is 2.67 bits per heavy atom. The number of halogens is 4. The number of fused-ring (bicyclic) bond motifs is 1. The lowest BCUT2D eigenvalue weighted by molar-refractivity contribution is -0.137. The maximum atomic E-state index is 13.5. The van der Waals surface area contributed by atoms with Gasteiger partial charge in [-0.1, -0.05) is 43.0 Å². The van der Waals surface area contributed by atoms with Crippen LogP contribution in [-0.2, 0) is 6.18 Å². The quantitative estimate of drug-likeness (QED) is 0.105. The summed E-state index contributed by atoms with van der Waals surface area (Å²) >= 11 is 7.20. The molecule has 1 aliphatic rings. The van der Waals surface area contributed by atoms with E-state index in [4.69, 9.17) is 11.6 Å². The number of thioether (sulfide) groups is 1. The van der Waals surface area contributed by atoms with Crippen LogP contribution in [0, 0.1) is 5.92 Å². The molecule has 5 nitrogen and oxygen atoms in total. The minimum Gasteiger partial charge on any atom is -0.507 e. The number of aliphatic hydroxyl groups is 1. The molecule has 1 aliphatic carbocycles. The van der Waals surface area contributed by atoms with Crippen LogP contribution in [0.3, 0.4) is 0 Å². The SMILES string of the molecule is O=c1[nH]c2ccc(C(F)(F)F)cc2c(-c2cc(Cl)ccc2O)c1SCC(O)CCCNCC=CC1CCCCC1. The van der Waals surface area contributed by atoms with Crippen molar-refractivity contribution in [2.75, 3.05) is 18.8 Å². The molecule has 1 unspecified atom stereocenters. The zero-order chi connectivity index (χ0) is 28.7. The predicted molar refractivity (Wildman–Crippen MR) is 156 cm³/mol. The van der Waals surface area contributed by atoms with Crippen molar-refractivity contribution in [1.29, 1.82) is 0 Å². The first-order chi connectivity index (χ1) is 19.1. The van der Waals surface area contributed by atoms with Crippen LogP contribution in [0.2, 0.25) is 5.02 Å². The Morgan fingerprint density at radius 2 is 1.93 bits per heavy atom. The first kappa shape index (κ1) is 30.5. The van der Waals surface area contributed by atoms with Gasteiger partial charge in [0.25, 0.3) is 5.56 Å². The Morgan fingerprint density at radius 1 is 1.15 bits per heavy atom. The first-order valence-electron chi connectivity index (χ1n) is 13.6. The Bertz CT molecular complexity index is 1390. The van der Waals surface area contributed by atoms with Crippen molar-refractivity contribution in [3.05, 3.63) is 69.5 Å². The lowest BCUT2D eigenvalue weighted by atomic mass is 9.89.